The van der Waals surface area contributed by atoms with Crippen molar-refractivity contribution in [1.29, 1.82) is 0 Å². The zero-order valence-corrected chi connectivity index (χ0v) is 14.7. The summed E-state index contributed by atoms with van der Waals surface area (Å²) in [4.78, 5) is 4.13. The van der Waals surface area contributed by atoms with E-state index in [1.807, 2.05) is 0 Å². The smallest absolute Gasteiger partial charge is 0.246 e. The molecule has 2 rings (SSSR count). The highest BCUT2D eigenvalue weighted by atomic mass is 79.9. The summed E-state index contributed by atoms with van der Waals surface area (Å²) in [6.45, 7) is 5.40. The molecule has 1 aromatic heterocycles. The first-order valence-corrected chi connectivity index (χ1v) is 9.12. The number of nitrogens with two attached hydrogens (primary N) is 1. The molecule has 0 aliphatic carbocycles. The van der Waals surface area contributed by atoms with E-state index < -0.39 is 10.0 Å². The number of pyridine rings is 1. The van der Waals surface area contributed by atoms with Gasteiger partial charge in [-0.05, 0) is 46.7 Å². The summed E-state index contributed by atoms with van der Waals surface area (Å²) in [7, 11) is -3.60. The number of sulfonamides is 1. The van der Waals surface area contributed by atoms with Crippen molar-refractivity contribution in [2.45, 2.75) is 38.0 Å². The second-order valence-electron chi connectivity index (χ2n) is 6.07. The number of aromatic nitrogens is 1. The van der Waals surface area contributed by atoms with Gasteiger partial charge in [0.05, 0.1) is 0 Å². The minimum Gasteiger partial charge on any atom is -0.307 e. The monoisotopic (exact) mass is 376 g/mol. The Labute approximate surface area is 134 Å². The van der Waals surface area contributed by atoms with Gasteiger partial charge in [-0.2, -0.15) is 4.31 Å². The second-order valence-corrected chi connectivity index (χ2v) is 8.89. The predicted molar refractivity (Wildman–Crippen MR) is 86.1 cm³/mol. The minimum atomic E-state index is -3.60. The maximum absolute atomic E-state index is 12.9. The molecular formula is C13H21BrN4O2S. The standard InChI is InChI=1S/C13H21BrN4O2S/c1-13(2)4-3-6-18(7-5-13)21(19,20)11-8-10(14)9-16-12(11)17-15/h8-9H,3-7,15H2,1-2H3,(H,16,17). The van der Waals surface area contributed by atoms with Gasteiger partial charge < -0.3 is 5.43 Å². The first-order chi connectivity index (χ1) is 9.76. The fraction of sp³-hybridized carbons (Fsp3) is 0.615. The van der Waals surface area contributed by atoms with Crippen molar-refractivity contribution in [3.05, 3.63) is 16.7 Å². The van der Waals surface area contributed by atoms with Crippen LogP contribution in [-0.2, 0) is 10.0 Å². The lowest BCUT2D eigenvalue weighted by atomic mass is 9.85. The Morgan fingerprint density at radius 2 is 2.10 bits per heavy atom. The largest absolute Gasteiger partial charge is 0.307 e. The summed E-state index contributed by atoms with van der Waals surface area (Å²) in [6.07, 6.45) is 4.25. The summed E-state index contributed by atoms with van der Waals surface area (Å²) in [6, 6.07) is 1.54. The second kappa shape index (κ2) is 6.20. The Morgan fingerprint density at radius 3 is 2.76 bits per heavy atom. The fourth-order valence-corrected chi connectivity index (χ4v) is 4.60. The molecule has 0 radical (unpaired) electrons. The van der Waals surface area contributed by atoms with Crippen LogP contribution in [0.1, 0.15) is 33.1 Å². The summed E-state index contributed by atoms with van der Waals surface area (Å²) < 4.78 is 27.8. The lowest BCUT2D eigenvalue weighted by molar-refractivity contribution is 0.315. The number of halogens is 1. The number of nitrogen functional groups attached to an aromatic ring is 1. The van der Waals surface area contributed by atoms with Crippen molar-refractivity contribution in [2.24, 2.45) is 11.3 Å². The molecule has 0 spiro atoms. The van der Waals surface area contributed by atoms with Crippen LogP contribution in [0.15, 0.2) is 21.6 Å². The summed E-state index contributed by atoms with van der Waals surface area (Å²) in [5.41, 5.74) is 2.54. The van der Waals surface area contributed by atoms with Gasteiger partial charge in [0.1, 0.15) is 4.90 Å². The molecule has 3 N–H and O–H groups in total. The average molecular weight is 377 g/mol. The fourth-order valence-electron chi connectivity index (χ4n) is 2.50. The average Bonchev–Trinajstić information content (AvgIpc) is 2.60. The molecule has 0 amide bonds. The Morgan fingerprint density at radius 1 is 1.38 bits per heavy atom. The molecule has 0 unspecified atom stereocenters. The molecule has 1 fully saturated rings. The van der Waals surface area contributed by atoms with E-state index in [4.69, 9.17) is 5.84 Å². The van der Waals surface area contributed by atoms with Crippen LogP contribution in [-0.4, -0.2) is 30.8 Å². The SMILES string of the molecule is CC1(C)CCCN(S(=O)(=O)c2cc(Br)cnc2NN)CC1. The Hall–Kier alpha value is -0.700. The van der Waals surface area contributed by atoms with Gasteiger partial charge in [-0.3, -0.25) is 0 Å². The quantitative estimate of drug-likeness (QED) is 0.624. The van der Waals surface area contributed by atoms with Crippen LogP contribution in [0.4, 0.5) is 5.82 Å². The summed E-state index contributed by atoms with van der Waals surface area (Å²) in [5, 5.41) is 0. The molecule has 0 atom stereocenters. The minimum absolute atomic E-state index is 0.110. The highest BCUT2D eigenvalue weighted by Crippen LogP contribution is 2.33. The van der Waals surface area contributed by atoms with Gasteiger partial charge in [0.15, 0.2) is 5.82 Å². The van der Waals surface area contributed by atoms with Gasteiger partial charge >= 0.3 is 0 Å². The number of hydrogen-bond donors (Lipinski definition) is 2. The molecule has 6 nitrogen and oxygen atoms in total. The van der Waals surface area contributed by atoms with Crippen molar-refractivity contribution < 1.29 is 8.42 Å². The molecule has 8 heteroatoms. The van der Waals surface area contributed by atoms with Gasteiger partial charge in [-0.15, -0.1) is 0 Å². The van der Waals surface area contributed by atoms with Crippen LogP contribution in [0, 0.1) is 5.41 Å². The van der Waals surface area contributed by atoms with Crippen molar-refractivity contribution in [3.8, 4) is 0 Å². The Kier molecular flexibility index (Phi) is 4.92. The number of rotatable bonds is 3. The molecule has 1 aliphatic heterocycles. The lowest BCUT2D eigenvalue weighted by Gasteiger charge is -2.23. The third kappa shape index (κ3) is 3.74. The third-order valence-corrected chi connectivity index (χ3v) is 6.22. The van der Waals surface area contributed by atoms with Crippen LogP contribution in [0.5, 0.6) is 0 Å². The lowest BCUT2D eigenvalue weighted by Crippen LogP contribution is -2.33. The molecular weight excluding hydrogens is 356 g/mol. The van der Waals surface area contributed by atoms with E-state index in [2.05, 4.69) is 40.2 Å². The topological polar surface area (TPSA) is 88.3 Å². The van der Waals surface area contributed by atoms with Gasteiger partial charge in [0.25, 0.3) is 0 Å². The van der Waals surface area contributed by atoms with E-state index in [1.54, 1.807) is 0 Å². The zero-order chi connectivity index (χ0) is 15.7. The van der Waals surface area contributed by atoms with Crippen LogP contribution < -0.4 is 11.3 Å². The number of hydrazine groups is 1. The zero-order valence-electron chi connectivity index (χ0n) is 12.3. The third-order valence-electron chi connectivity index (χ3n) is 3.87. The molecule has 0 aromatic carbocycles. The molecule has 118 valence electrons. The number of nitrogens with zero attached hydrogens (tertiary/aromatic N) is 2. The predicted octanol–water partition coefficient (Wildman–Crippen LogP) is 2.33. The molecule has 21 heavy (non-hydrogen) atoms. The van der Waals surface area contributed by atoms with E-state index in [9.17, 15) is 8.42 Å². The summed E-state index contributed by atoms with van der Waals surface area (Å²) >= 11 is 3.26. The van der Waals surface area contributed by atoms with E-state index >= 15 is 0 Å². The molecule has 1 aliphatic rings. The molecule has 1 aromatic rings. The van der Waals surface area contributed by atoms with Crippen molar-refractivity contribution >= 4 is 31.8 Å². The number of hydrogen-bond acceptors (Lipinski definition) is 5. The Balaban J connectivity index is 2.36. The maximum atomic E-state index is 12.9. The highest BCUT2D eigenvalue weighted by Gasteiger charge is 2.32. The first-order valence-electron chi connectivity index (χ1n) is 6.89. The van der Waals surface area contributed by atoms with E-state index in [0.29, 0.717) is 17.6 Å². The first kappa shape index (κ1) is 16.7. The number of nitrogens with one attached hydrogen (secondary N) is 1. The van der Waals surface area contributed by atoms with E-state index in [0.717, 1.165) is 19.3 Å². The van der Waals surface area contributed by atoms with Crippen molar-refractivity contribution in [1.82, 2.24) is 9.29 Å². The Bertz CT molecular complexity index is 619. The van der Waals surface area contributed by atoms with Crippen LogP contribution in [0.25, 0.3) is 0 Å². The van der Waals surface area contributed by atoms with Crippen molar-refractivity contribution in [2.75, 3.05) is 18.5 Å². The number of anilines is 1. The van der Waals surface area contributed by atoms with Crippen molar-refractivity contribution in [3.63, 3.8) is 0 Å². The van der Waals surface area contributed by atoms with Gasteiger partial charge in [0.2, 0.25) is 10.0 Å². The molecule has 1 saturated heterocycles. The molecule has 0 bridgehead atoms. The summed E-state index contributed by atoms with van der Waals surface area (Å²) in [5.74, 6) is 5.56. The highest BCUT2D eigenvalue weighted by molar-refractivity contribution is 9.10. The van der Waals surface area contributed by atoms with Gasteiger partial charge in [0, 0.05) is 23.8 Å². The van der Waals surface area contributed by atoms with Gasteiger partial charge in [-0.25, -0.2) is 19.2 Å². The molecule has 2 heterocycles. The van der Waals surface area contributed by atoms with E-state index in [-0.39, 0.29) is 16.1 Å². The van der Waals surface area contributed by atoms with Crippen LogP contribution in [0.2, 0.25) is 0 Å². The van der Waals surface area contributed by atoms with Crippen LogP contribution >= 0.6 is 15.9 Å². The van der Waals surface area contributed by atoms with Gasteiger partial charge in [-0.1, -0.05) is 13.8 Å². The maximum Gasteiger partial charge on any atom is 0.246 e. The normalized spacial score (nSPS) is 20.0. The van der Waals surface area contributed by atoms with Crippen LogP contribution in [0.3, 0.4) is 0 Å². The molecule has 0 saturated carbocycles. The van der Waals surface area contributed by atoms with E-state index in [1.165, 1.54) is 16.6 Å².